The molecule has 9 nitrogen and oxygen atoms in total. The highest BCUT2D eigenvalue weighted by Crippen LogP contribution is 2.55. The van der Waals surface area contributed by atoms with Gasteiger partial charge in [0.05, 0.1) is 18.9 Å². The highest BCUT2D eigenvalue weighted by molar-refractivity contribution is 6.24. The normalized spacial score (nSPS) is 28.2. The van der Waals surface area contributed by atoms with E-state index in [1.165, 1.54) is 19.3 Å². The highest BCUT2D eigenvalue weighted by Gasteiger charge is 2.57. The van der Waals surface area contributed by atoms with Gasteiger partial charge in [-0.05, 0) is 49.5 Å². The fourth-order valence-corrected chi connectivity index (χ4v) is 5.87. The molecular formula is C25H22N2O7. The van der Waals surface area contributed by atoms with Gasteiger partial charge in [0, 0.05) is 22.6 Å². The van der Waals surface area contributed by atoms with E-state index in [2.05, 4.69) is 0 Å². The smallest absolute Gasteiger partial charge is 0.328 e. The first-order valence-electron chi connectivity index (χ1n) is 10.9. The molecule has 1 fully saturated rings. The number of nitrogens with zero attached hydrogens (tertiary/aromatic N) is 1. The van der Waals surface area contributed by atoms with Crippen molar-refractivity contribution in [3.05, 3.63) is 58.2 Å². The number of primary amides is 1. The van der Waals surface area contributed by atoms with Gasteiger partial charge in [0.25, 0.3) is 0 Å². The fraction of sp³-hybridized carbons (Fsp3) is 0.320. The van der Waals surface area contributed by atoms with E-state index in [0.717, 1.165) is 0 Å². The number of rotatable bonds is 2. The summed E-state index contributed by atoms with van der Waals surface area (Å²) in [5.41, 5.74) is 7.47. The zero-order valence-corrected chi connectivity index (χ0v) is 18.5. The van der Waals surface area contributed by atoms with Crippen molar-refractivity contribution in [2.75, 3.05) is 7.11 Å². The number of allylic oxidation sites excluding steroid dienone is 6. The number of imide groups is 3. The second-order valence-electron chi connectivity index (χ2n) is 9.01. The SMILES string of the molecule is COc1ccc([C@H]2C3=CC[C@@H]4C(=O)N(C(N)=O)C(=O)[C@@H]4[C@@H]3CC3=C2C(=O)C=C(C)C3=O)cc1O. The van der Waals surface area contributed by atoms with Gasteiger partial charge in [0.1, 0.15) is 0 Å². The summed E-state index contributed by atoms with van der Waals surface area (Å²) in [5, 5.41) is 10.4. The zero-order valence-electron chi connectivity index (χ0n) is 18.5. The van der Waals surface area contributed by atoms with Gasteiger partial charge < -0.3 is 15.6 Å². The van der Waals surface area contributed by atoms with Crippen LogP contribution in [0.1, 0.15) is 31.2 Å². The van der Waals surface area contributed by atoms with Crippen LogP contribution in [0.4, 0.5) is 4.79 Å². The van der Waals surface area contributed by atoms with Gasteiger partial charge >= 0.3 is 6.03 Å². The van der Waals surface area contributed by atoms with Gasteiger partial charge in [0.15, 0.2) is 23.1 Å². The summed E-state index contributed by atoms with van der Waals surface area (Å²) in [6, 6.07) is 3.62. The molecule has 9 heteroatoms. The van der Waals surface area contributed by atoms with Crippen LogP contribution in [0.15, 0.2) is 52.6 Å². The highest BCUT2D eigenvalue weighted by atomic mass is 16.5. The van der Waals surface area contributed by atoms with E-state index < -0.39 is 41.5 Å². The number of aromatic hydroxyl groups is 1. The van der Waals surface area contributed by atoms with Crippen LogP contribution in [0, 0.1) is 17.8 Å². The first-order chi connectivity index (χ1) is 16.1. The first kappa shape index (κ1) is 21.8. The Hall–Kier alpha value is -4.01. The van der Waals surface area contributed by atoms with Crippen molar-refractivity contribution in [3.8, 4) is 11.5 Å². The number of carbonyl (C=O) groups excluding carboxylic acids is 5. The van der Waals surface area contributed by atoms with Crippen molar-refractivity contribution in [1.29, 1.82) is 0 Å². The Morgan fingerprint density at radius 2 is 1.88 bits per heavy atom. The lowest BCUT2D eigenvalue weighted by Crippen LogP contribution is -2.42. The zero-order chi connectivity index (χ0) is 24.5. The molecule has 1 aromatic carbocycles. The third-order valence-electron chi connectivity index (χ3n) is 7.32. The summed E-state index contributed by atoms with van der Waals surface area (Å²) in [7, 11) is 1.42. The maximum Gasteiger partial charge on any atom is 0.328 e. The lowest BCUT2D eigenvalue weighted by molar-refractivity contribution is -0.136. The Bertz CT molecular complexity index is 1300. The van der Waals surface area contributed by atoms with Crippen LogP contribution in [-0.4, -0.2) is 46.5 Å². The number of ether oxygens (including phenoxy) is 1. The topological polar surface area (TPSA) is 144 Å². The van der Waals surface area contributed by atoms with Crippen molar-refractivity contribution in [2.24, 2.45) is 23.5 Å². The number of benzene rings is 1. The van der Waals surface area contributed by atoms with Crippen LogP contribution in [0.2, 0.25) is 0 Å². The Morgan fingerprint density at radius 3 is 2.53 bits per heavy atom. The molecule has 0 aromatic heterocycles. The van der Waals surface area contributed by atoms with Gasteiger partial charge in [-0.25, -0.2) is 4.79 Å². The summed E-state index contributed by atoms with van der Waals surface area (Å²) in [4.78, 5) is 64.5. The molecule has 1 aliphatic heterocycles. The van der Waals surface area contributed by atoms with E-state index in [1.807, 2.05) is 6.08 Å². The van der Waals surface area contributed by atoms with Crippen LogP contribution in [0.25, 0.3) is 0 Å². The average molecular weight is 462 g/mol. The van der Waals surface area contributed by atoms with Crippen molar-refractivity contribution < 1.29 is 33.8 Å². The monoisotopic (exact) mass is 462 g/mol. The maximum atomic E-state index is 13.1. The molecule has 4 aliphatic rings. The number of methoxy groups -OCH3 is 1. The average Bonchev–Trinajstić information content (AvgIpc) is 3.06. The van der Waals surface area contributed by atoms with Crippen molar-refractivity contribution >= 4 is 29.4 Å². The van der Waals surface area contributed by atoms with E-state index >= 15 is 0 Å². The minimum absolute atomic E-state index is 0.0995. The fourth-order valence-electron chi connectivity index (χ4n) is 5.87. The van der Waals surface area contributed by atoms with Crippen LogP contribution in [-0.2, 0) is 19.2 Å². The number of amides is 4. The third-order valence-corrected chi connectivity index (χ3v) is 7.32. The molecule has 1 heterocycles. The number of nitrogens with two attached hydrogens (primary N) is 1. The van der Waals surface area contributed by atoms with Crippen molar-refractivity contribution in [2.45, 2.75) is 25.7 Å². The number of ketones is 2. The summed E-state index contributed by atoms with van der Waals surface area (Å²) >= 11 is 0. The number of urea groups is 1. The van der Waals surface area contributed by atoms with E-state index in [4.69, 9.17) is 10.5 Å². The van der Waals surface area contributed by atoms with Gasteiger partial charge in [-0.2, -0.15) is 4.90 Å². The second kappa shape index (κ2) is 7.51. The summed E-state index contributed by atoms with van der Waals surface area (Å²) in [5.74, 6) is -4.69. The molecule has 174 valence electrons. The number of carbonyl (C=O) groups is 5. The number of phenols is 1. The molecule has 1 saturated heterocycles. The Morgan fingerprint density at radius 1 is 1.15 bits per heavy atom. The Labute approximate surface area is 194 Å². The van der Waals surface area contributed by atoms with E-state index in [1.54, 1.807) is 19.1 Å². The largest absolute Gasteiger partial charge is 0.504 e. The van der Waals surface area contributed by atoms with Crippen LogP contribution in [0.5, 0.6) is 11.5 Å². The van der Waals surface area contributed by atoms with Crippen LogP contribution < -0.4 is 10.5 Å². The summed E-state index contributed by atoms with van der Waals surface area (Å²) in [6.07, 6.45) is 3.43. The molecule has 4 atom stereocenters. The standard InChI is InChI=1S/C25H22N2O7/c1-10-7-17(29)21-15(22(10)30)9-14-12(19(21)11-3-6-18(34-2)16(28)8-11)4-5-13-20(14)24(32)27(23(13)31)25(26)33/h3-4,6-8,13-14,19-20,28H,5,9H2,1-2H3,(H2,26,33)/t13-,14+,19-,20-/m0/s1. The van der Waals surface area contributed by atoms with Crippen LogP contribution in [0.3, 0.4) is 0 Å². The van der Waals surface area contributed by atoms with E-state index in [9.17, 15) is 29.1 Å². The minimum Gasteiger partial charge on any atom is -0.504 e. The second-order valence-corrected chi connectivity index (χ2v) is 9.01. The number of hydrogen-bond acceptors (Lipinski definition) is 7. The van der Waals surface area contributed by atoms with Gasteiger partial charge in [-0.1, -0.05) is 17.7 Å². The molecule has 1 aromatic rings. The van der Waals surface area contributed by atoms with Gasteiger partial charge in [-0.15, -0.1) is 0 Å². The molecule has 4 amide bonds. The Kier molecular flexibility index (Phi) is 4.82. The number of phenolic OH excluding ortho intramolecular Hbond substituents is 1. The number of hydrogen-bond donors (Lipinski definition) is 2. The molecule has 0 unspecified atom stereocenters. The first-order valence-corrected chi connectivity index (χ1v) is 10.9. The molecule has 3 N–H and O–H groups in total. The number of fused-ring (bicyclic) bond motifs is 3. The predicted octanol–water partition coefficient (Wildman–Crippen LogP) is 1.91. The molecule has 34 heavy (non-hydrogen) atoms. The molecule has 0 spiro atoms. The summed E-state index contributed by atoms with van der Waals surface area (Å²) in [6.45, 7) is 1.56. The molecule has 0 bridgehead atoms. The maximum absolute atomic E-state index is 13.1. The predicted molar refractivity (Wildman–Crippen MR) is 117 cm³/mol. The van der Waals surface area contributed by atoms with Crippen molar-refractivity contribution in [1.82, 2.24) is 4.90 Å². The molecule has 5 rings (SSSR count). The number of likely N-dealkylation sites (tertiary alicyclic amines) is 1. The van der Waals surface area contributed by atoms with Gasteiger partial charge in [-0.3, -0.25) is 19.2 Å². The van der Waals surface area contributed by atoms with Gasteiger partial charge in [0.2, 0.25) is 11.8 Å². The minimum atomic E-state index is -1.12. The van der Waals surface area contributed by atoms with Crippen LogP contribution >= 0.6 is 0 Å². The quantitative estimate of drug-likeness (QED) is 0.388. The molecule has 0 radical (unpaired) electrons. The number of Topliss-reactive ketones (excluding diaryl/α,β-unsaturated/α-hetero) is 1. The Balaban J connectivity index is 1.69. The van der Waals surface area contributed by atoms with E-state index in [0.29, 0.717) is 32.8 Å². The van der Waals surface area contributed by atoms with Crippen molar-refractivity contribution in [3.63, 3.8) is 0 Å². The van der Waals surface area contributed by atoms with E-state index in [-0.39, 0.29) is 35.9 Å². The lowest BCUT2D eigenvalue weighted by Gasteiger charge is -2.42. The molecular weight excluding hydrogens is 440 g/mol. The molecule has 0 saturated carbocycles. The lowest BCUT2D eigenvalue weighted by atomic mass is 9.59. The molecule has 3 aliphatic carbocycles. The summed E-state index contributed by atoms with van der Waals surface area (Å²) < 4.78 is 5.13. The third kappa shape index (κ3) is 2.89.